The number of rotatable bonds is 1. The Morgan fingerprint density at radius 3 is 2.35 bits per heavy atom. The Bertz CT molecular complexity index is 283. The quantitative estimate of drug-likeness (QED) is 0.427. The maximum absolute atomic E-state index is 5.22. The van der Waals surface area contributed by atoms with Crippen molar-refractivity contribution in [1.82, 2.24) is 21.5 Å². The second-order valence-electron chi connectivity index (χ2n) is 4.68. The molecule has 1 fully saturated rings. The largest absolute Gasteiger partial charge is 0.364 e. The van der Waals surface area contributed by atoms with E-state index < -0.39 is 0 Å². The van der Waals surface area contributed by atoms with Crippen LogP contribution < -0.4 is 21.5 Å². The molecule has 98 valence electrons. The van der Waals surface area contributed by atoms with Gasteiger partial charge in [-0.2, -0.15) is 0 Å². The predicted octanol–water partition coefficient (Wildman–Crippen LogP) is 1.28. The number of thiocarbonyl (C=S) groups is 2. The number of nitrogens with one attached hydrogen (secondary N) is 4. The molecule has 0 bridgehead atoms. The molecule has 0 saturated heterocycles. The van der Waals surface area contributed by atoms with Crippen molar-refractivity contribution in [1.29, 1.82) is 0 Å². The van der Waals surface area contributed by atoms with E-state index >= 15 is 0 Å². The predicted molar refractivity (Wildman–Crippen MR) is 79.6 cm³/mol. The van der Waals surface area contributed by atoms with Gasteiger partial charge >= 0.3 is 0 Å². The van der Waals surface area contributed by atoms with Gasteiger partial charge in [-0.3, -0.25) is 10.9 Å². The van der Waals surface area contributed by atoms with Crippen LogP contribution in [0.2, 0.25) is 0 Å². The molecular formula is C11H22N4S2. The SMILES string of the molecule is CNC(=S)NNC(=S)N[C@H]1CCC[C@H](C)[C@H]1C. The fourth-order valence-electron chi connectivity index (χ4n) is 2.17. The zero-order valence-electron chi connectivity index (χ0n) is 10.7. The topological polar surface area (TPSA) is 48.1 Å². The minimum absolute atomic E-state index is 0.462. The monoisotopic (exact) mass is 274 g/mol. The van der Waals surface area contributed by atoms with Gasteiger partial charge in [-0.15, -0.1) is 0 Å². The molecule has 0 spiro atoms. The molecule has 1 rings (SSSR count). The van der Waals surface area contributed by atoms with Crippen LogP contribution >= 0.6 is 24.4 Å². The minimum atomic E-state index is 0.462. The van der Waals surface area contributed by atoms with E-state index in [1.807, 2.05) is 0 Å². The van der Waals surface area contributed by atoms with Crippen molar-refractivity contribution < 1.29 is 0 Å². The zero-order chi connectivity index (χ0) is 12.8. The highest BCUT2D eigenvalue weighted by Crippen LogP contribution is 2.29. The molecule has 17 heavy (non-hydrogen) atoms. The van der Waals surface area contributed by atoms with E-state index in [2.05, 4.69) is 35.3 Å². The Balaban J connectivity index is 2.32. The van der Waals surface area contributed by atoms with Gasteiger partial charge in [0.1, 0.15) is 0 Å². The lowest BCUT2D eigenvalue weighted by Crippen LogP contribution is -2.53. The molecule has 0 amide bonds. The van der Waals surface area contributed by atoms with Crippen LogP contribution in [0, 0.1) is 11.8 Å². The van der Waals surface area contributed by atoms with Crippen molar-refractivity contribution >= 4 is 34.7 Å². The highest BCUT2D eigenvalue weighted by Gasteiger charge is 2.27. The third-order valence-electron chi connectivity index (χ3n) is 3.54. The van der Waals surface area contributed by atoms with E-state index in [1.54, 1.807) is 7.05 Å². The summed E-state index contributed by atoms with van der Waals surface area (Å²) < 4.78 is 0. The third-order valence-corrected chi connectivity index (χ3v) is 4.07. The van der Waals surface area contributed by atoms with Gasteiger partial charge in [0.15, 0.2) is 10.2 Å². The van der Waals surface area contributed by atoms with Gasteiger partial charge < -0.3 is 10.6 Å². The Hall–Kier alpha value is -0.620. The van der Waals surface area contributed by atoms with Crippen LogP contribution in [0.4, 0.5) is 0 Å². The van der Waals surface area contributed by atoms with E-state index in [0.717, 1.165) is 5.92 Å². The van der Waals surface area contributed by atoms with Crippen molar-refractivity contribution in [2.45, 2.75) is 39.2 Å². The molecule has 4 nitrogen and oxygen atoms in total. The van der Waals surface area contributed by atoms with Gasteiger partial charge in [-0.05, 0) is 42.7 Å². The summed E-state index contributed by atoms with van der Waals surface area (Å²) >= 11 is 10.2. The molecule has 0 aromatic rings. The van der Waals surface area contributed by atoms with Gasteiger partial charge in [0.2, 0.25) is 0 Å². The molecule has 6 heteroatoms. The molecule has 0 heterocycles. The first-order chi connectivity index (χ1) is 8.04. The Morgan fingerprint density at radius 1 is 1.06 bits per heavy atom. The van der Waals surface area contributed by atoms with Crippen LogP contribution in [0.1, 0.15) is 33.1 Å². The van der Waals surface area contributed by atoms with E-state index in [0.29, 0.717) is 22.2 Å². The van der Waals surface area contributed by atoms with E-state index in [1.165, 1.54) is 19.3 Å². The molecule has 0 aromatic carbocycles. The van der Waals surface area contributed by atoms with Crippen LogP contribution in [0.5, 0.6) is 0 Å². The van der Waals surface area contributed by atoms with Crippen molar-refractivity contribution in [2.24, 2.45) is 11.8 Å². The lowest BCUT2D eigenvalue weighted by Gasteiger charge is -2.35. The molecule has 1 aliphatic rings. The molecular weight excluding hydrogens is 252 g/mol. The molecule has 3 atom stereocenters. The first-order valence-corrected chi connectivity index (χ1v) is 6.90. The van der Waals surface area contributed by atoms with Crippen molar-refractivity contribution in [2.75, 3.05) is 7.05 Å². The molecule has 0 aromatic heterocycles. The maximum Gasteiger partial charge on any atom is 0.185 e. The molecule has 0 aliphatic heterocycles. The summed E-state index contributed by atoms with van der Waals surface area (Å²) in [5.74, 6) is 1.41. The Kier molecular flexibility index (Phi) is 5.91. The lowest BCUT2D eigenvalue weighted by atomic mass is 9.78. The summed E-state index contributed by atoms with van der Waals surface area (Å²) in [5, 5.41) is 7.29. The van der Waals surface area contributed by atoms with Crippen molar-refractivity contribution in [3.05, 3.63) is 0 Å². The Labute approximate surface area is 114 Å². The van der Waals surface area contributed by atoms with E-state index in [-0.39, 0.29) is 0 Å². The van der Waals surface area contributed by atoms with Crippen LogP contribution in [0.25, 0.3) is 0 Å². The van der Waals surface area contributed by atoms with Crippen LogP contribution in [0.15, 0.2) is 0 Å². The maximum atomic E-state index is 5.22. The summed E-state index contributed by atoms with van der Waals surface area (Å²) in [6, 6.07) is 0.462. The standard InChI is InChI=1S/C11H22N4S2/c1-7-5-4-6-9(8(7)2)13-11(17)15-14-10(16)12-3/h7-9H,4-6H2,1-3H3,(H2,12,14,16)(H2,13,15,17)/t7-,8+,9-/m0/s1. The summed E-state index contributed by atoms with van der Waals surface area (Å²) in [4.78, 5) is 0. The summed E-state index contributed by atoms with van der Waals surface area (Å²) in [7, 11) is 1.76. The lowest BCUT2D eigenvalue weighted by molar-refractivity contribution is 0.224. The van der Waals surface area contributed by atoms with Crippen molar-refractivity contribution in [3.63, 3.8) is 0 Å². The number of hydrogen-bond donors (Lipinski definition) is 4. The molecule has 0 unspecified atom stereocenters. The Morgan fingerprint density at radius 2 is 1.71 bits per heavy atom. The minimum Gasteiger partial charge on any atom is -0.364 e. The van der Waals surface area contributed by atoms with Gasteiger partial charge in [-0.25, -0.2) is 0 Å². The third kappa shape index (κ3) is 4.63. The summed E-state index contributed by atoms with van der Waals surface area (Å²) in [5.41, 5.74) is 5.70. The van der Waals surface area contributed by atoms with Crippen LogP contribution in [-0.2, 0) is 0 Å². The molecule has 0 radical (unpaired) electrons. The summed E-state index contributed by atoms with van der Waals surface area (Å²) in [6.45, 7) is 4.60. The molecule has 1 saturated carbocycles. The van der Waals surface area contributed by atoms with Crippen LogP contribution in [0.3, 0.4) is 0 Å². The summed E-state index contributed by atoms with van der Waals surface area (Å²) in [6.07, 6.45) is 3.78. The second kappa shape index (κ2) is 6.96. The average Bonchev–Trinajstić information content (AvgIpc) is 2.32. The average molecular weight is 274 g/mol. The fourth-order valence-corrected chi connectivity index (χ4v) is 2.42. The van der Waals surface area contributed by atoms with Gasteiger partial charge in [0.05, 0.1) is 0 Å². The fraction of sp³-hybridized carbons (Fsp3) is 0.818. The van der Waals surface area contributed by atoms with Gasteiger partial charge in [0.25, 0.3) is 0 Å². The van der Waals surface area contributed by atoms with Crippen LogP contribution in [-0.4, -0.2) is 23.3 Å². The zero-order valence-corrected chi connectivity index (χ0v) is 12.3. The first-order valence-electron chi connectivity index (χ1n) is 6.08. The van der Waals surface area contributed by atoms with Gasteiger partial charge in [-0.1, -0.05) is 26.7 Å². The highest BCUT2D eigenvalue weighted by atomic mass is 32.1. The van der Waals surface area contributed by atoms with Crippen molar-refractivity contribution in [3.8, 4) is 0 Å². The number of hydrogen-bond acceptors (Lipinski definition) is 2. The number of hydrazine groups is 1. The second-order valence-corrected chi connectivity index (χ2v) is 5.49. The highest BCUT2D eigenvalue weighted by molar-refractivity contribution is 7.80. The molecule has 4 N–H and O–H groups in total. The normalized spacial score (nSPS) is 28.1. The first kappa shape index (κ1) is 14.4. The van der Waals surface area contributed by atoms with E-state index in [4.69, 9.17) is 24.4 Å². The smallest absolute Gasteiger partial charge is 0.185 e. The van der Waals surface area contributed by atoms with Gasteiger partial charge in [0, 0.05) is 13.1 Å². The molecule has 1 aliphatic carbocycles. The van der Waals surface area contributed by atoms with E-state index in [9.17, 15) is 0 Å².